The number of anilines is 1. The summed E-state index contributed by atoms with van der Waals surface area (Å²) >= 11 is 0. The summed E-state index contributed by atoms with van der Waals surface area (Å²) in [5.74, 6) is 0.827. The number of ether oxygens (including phenoxy) is 1. The van der Waals surface area contributed by atoms with Crippen molar-refractivity contribution in [1.29, 1.82) is 0 Å². The van der Waals surface area contributed by atoms with Gasteiger partial charge in [0, 0.05) is 6.07 Å². The summed E-state index contributed by atoms with van der Waals surface area (Å²) < 4.78 is 5.82. The number of nitrogens with two attached hydrogens (primary N) is 1. The highest BCUT2D eigenvalue weighted by molar-refractivity contribution is 5.78. The van der Waals surface area contributed by atoms with E-state index in [1.165, 1.54) is 0 Å². The van der Waals surface area contributed by atoms with Crippen molar-refractivity contribution in [3.8, 4) is 11.4 Å². The molecule has 0 unspecified atom stereocenters. The Bertz CT molecular complexity index is 991. The third kappa shape index (κ3) is 2.51. The minimum Gasteiger partial charge on any atom is -0.485 e. The van der Waals surface area contributed by atoms with E-state index in [1.54, 1.807) is 10.9 Å². The number of fused-ring (bicyclic) bond motifs is 1. The number of nitrogens with one attached hydrogen (secondary N) is 1. The molecule has 9 nitrogen and oxygen atoms in total. The number of H-pyrrole nitrogens is 1. The summed E-state index contributed by atoms with van der Waals surface area (Å²) in [4.78, 5) is 5.68. The van der Waals surface area contributed by atoms with Gasteiger partial charge in [-0.25, -0.2) is 10.1 Å². The van der Waals surface area contributed by atoms with E-state index in [9.17, 15) is 0 Å². The number of nitrogen functional groups attached to an aromatic ring is 1. The molecule has 24 heavy (non-hydrogen) atoms. The van der Waals surface area contributed by atoms with Crippen molar-refractivity contribution < 1.29 is 4.74 Å². The van der Waals surface area contributed by atoms with Crippen LogP contribution in [0.2, 0.25) is 0 Å². The average molecular weight is 322 g/mol. The van der Waals surface area contributed by atoms with Crippen LogP contribution in [-0.4, -0.2) is 35.4 Å². The fourth-order valence-electron chi connectivity index (χ4n) is 2.31. The minimum atomic E-state index is 0.240. The third-order valence-corrected chi connectivity index (χ3v) is 3.51. The molecule has 0 saturated carbocycles. The first kappa shape index (κ1) is 14.1. The zero-order chi connectivity index (χ0) is 16.5. The first-order valence-electron chi connectivity index (χ1n) is 7.29. The number of nitrogens with zero attached hydrogens (tertiary/aromatic N) is 6. The van der Waals surface area contributed by atoms with Gasteiger partial charge in [0.25, 0.3) is 0 Å². The molecule has 0 aliphatic carbocycles. The van der Waals surface area contributed by atoms with Gasteiger partial charge in [-0.15, -0.1) is 10.2 Å². The van der Waals surface area contributed by atoms with E-state index in [-0.39, 0.29) is 6.61 Å². The Morgan fingerprint density at radius 1 is 1.21 bits per heavy atom. The van der Waals surface area contributed by atoms with Crippen molar-refractivity contribution in [2.45, 2.75) is 13.5 Å². The van der Waals surface area contributed by atoms with Crippen LogP contribution in [0.5, 0.6) is 5.75 Å². The van der Waals surface area contributed by atoms with Crippen LogP contribution in [-0.2, 0) is 6.61 Å². The molecule has 1 aromatic carbocycles. The second-order valence-corrected chi connectivity index (χ2v) is 5.20. The van der Waals surface area contributed by atoms with Gasteiger partial charge in [0.2, 0.25) is 0 Å². The molecule has 120 valence electrons. The van der Waals surface area contributed by atoms with Gasteiger partial charge in [-0.05, 0) is 19.1 Å². The molecule has 0 radical (unpaired) electrons. The smallest absolute Gasteiger partial charge is 0.181 e. The summed E-state index contributed by atoms with van der Waals surface area (Å²) in [5, 5.41) is 19.2. The Morgan fingerprint density at radius 2 is 2.04 bits per heavy atom. The van der Waals surface area contributed by atoms with Crippen LogP contribution < -0.4 is 10.5 Å². The van der Waals surface area contributed by atoms with Gasteiger partial charge in [0.15, 0.2) is 16.9 Å². The normalized spacial score (nSPS) is 11.0. The third-order valence-electron chi connectivity index (χ3n) is 3.51. The number of hydrogen-bond donors (Lipinski definition) is 2. The summed E-state index contributed by atoms with van der Waals surface area (Å²) in [7, 11) is 0. The van der Waals surface area contributed by atoms with Gasteiger partial charge in [-0.3, -0.25) is 0 Å². The Hall–Kier alpha value is -3.49. The molecule has 0 bridgehead atoms. The number of para-hydroxylation sites is 1. The molecule has 4 aromatic rings. The van der Waals surface area contributed by atoms with E-state index in [1.807, 2.05) is 37.3 Å². The lowest BCUT2D eigenvalue weighted by molar-refractivity contribution is 0.303. The molecule has 9 heteroatoms. The fourth-order valence-corrected chi connectivity index (χ4v) is 2.31. The fraction of sp³-hybridized carbons (Fsp3) is 0.133. The predicted molar refractivity (Wildman–Crippen MR) is 86.5 cm³/mol. The Kier molecular flexibility index (Phi) is 3.30. The van der Waals surface area contributed by atoms with Crippen molar-refractivity contribution in [2.24, 2.45) is 0 Å². The molecule has 3 aromatic heterocycles. The van der Waals surface area contributed by atoms with Crippen LogP contribution >= 0.6 is 0 Å². The van der Waals surface area contributed by atoms with Crippen molar-refractivity contribution in [1.82, 2.24) is 35.4 Å². The maximum atomic E-state index is 5.82. The number of hydrogen-bond acceptors (Lipinski definition) is 7. The molecule has 0 spiro atoms. The standard InChI is InChI=1S/C15H14N8O/c1-9-11(21-23(20-9)10-5-3-2-4-6-10)8-24-12-7-13(16)17-15-14(12)18-22-19-15/h2-7H,8H2,1H3,(H3,16,17,18,19,22). The van der Waals surface area contributed by atoms with E-state index < -0.39 is 0 Å². The quantitative estimate of drug-likeness (QED) is 0.582. The minimum absolute atomic E-state index is 0.240. The Labute approximate surface area is 136 Å². The lowest BCUT2D eigenvalue weighted by Crippen LogP contribution is -2.02. The summed E-state index contributed by atoms with van der Waals surface area (Å²) in [6.45, 7) is 2.13. The van der Waals surface area contributed by atoms with Crippen molar-refractivity contribution in [2.75, 3.05) is 5.73 Å². The molecule has 0 aliphatic rings. The van der Waals surface area contributed by atoms with Gasteiger partial charge in [-0.1, -0.05) is 23.4 Å². The largest absolute Gasteiger partial charge is 0.485 e. The molecule has 0 amide bonds. The van der Waals surface area contributed by atoms with E-state index in [2.05, 4.69) is 30.6 Å². The second kappa shape index (κ2) is 5.61. The highest BCUT2D eigenvalue weighted by Crippen LogP contribution is 2.24. The molecule has 0 fully saturated rings. The van der Waals surface area contributed by atoms with E-state index >= 15 is 0 Å². The highest BCUT2D eigenvalue weighted by atomic mass is 16.5. The molecule has 0 aliphatic heterocycles. The number of benzene rings is 1. The van der Waals surface area contributed by atoms with Gasteiger partial charge in [0.1, 0.15) is 18.1 Å². The van der Waals surface area contributed by atoms with E-state index in [0.717, 1.165) is 17.1 Å². The maximum Gasteiger partial charge on any atom is 0.181 e. The number of pyridine rings is 1. The van der Waals surface area contributed by atoms with Crippen LogP contribution in [0.1, 0.15) is 11.4 Å². The molecular weight excluding hydrogens is 308 g/mol. The number of aromatic nitrogens is 7. The van der Waals surface area contributed by atoms with Gasteiger partial charge in [0.05, 0.1) is 11.4 Å². The molecule has 0 atom stereocenters. The molecular formula is C15H14N8O. The predicted octanol–water partition coefficient (Wildman–Crippen LogP) is 1.40. The molecule has 3 heterocycles. The SMILES string of the molecule is Cc1nn(-c2ccccc2)nc1COc1cc(N)nc2[nH]nnc12. The first-order chi connectivity index (χ1) is 11.7. The van der Waals surface area contributed by atoms with Crippen LogP contribution in [0, 0.1) is 6.92 Å². The second-order valence-electron chi connectivity index (χ2n) is 5.20. The van der Waals surface area contributed by atoms with Crippen molar-refractivity contribution in [3.05, 3.63) is 47.8 Å². The molecule has 0 saturated heterocycles. The van der Waals surface area contributed by atoms with E-state index in [4.69, 9.17) is 10.5 Å². The zero-order valence-electron chi connectivity index (χ0n) is 12.8. The summed E-state index contributed by atoms with van der Waals surface area (Å²) in [6.07, 6.45) is 0. The van der Waals surface area contributed by atoms with Crippen molar-refractivity contribution >= 4 is 17.0 Å². The molecule has 4 rings (SSSR count). The van der Waals surface area contributed by atoms with Crippen LogP contribution in [0.4, 0.5) is 5.82 Å². The maximum absolute atomic E-state index is 5.82. The summed E-state index contributed by atoms with van der Waals surface area (Å²) in [5.41, 5.74) is 9.18. The monoisotopic (exact) mass is 322 g/mol. The van der Waals surface area contributed by atoms with Crippen LogP contribution in [0.3, 0.4) is 0 Å². The van der Waals surface area contributed by atoms with Gasteiger partial charge < -0.3 is 10.5 Å². The molecule has 3 N–H and O–H groups in total. The van der Waals surface area contributed by atoms with Crippen LogP contribution in [0.25, 0.3) is 16.9 Å². The van der Waals surface area contributed by atoms with Gasteiger partial charge in [-0.2, -0.15) is 9.90 Å². The average Bonchev–Trinajstić information content (AvgIpc) is 3.20. The Morgan fingerprint density at radius 3 is 2.88 bits per heavy atom. The topological polar surface area (TPSA) is 120 Å². The summed E-state index contributed by atoms with van der Waals surface area (Å²) in [6, 6.07) is 11.3. The zero-order valence-corrected chi connectivity index (χ0v) is 12.8. The number of aromatic amines is 1. The Balaban J connectivity index is 1.60. The first-order valence-corrected chi connectivity index (χ1v) is 7.29. The van der Waals surface area contributed by atoms with Gasteiger partial charge >= 0.3 is 0 Å². The van der Waals surface area contributed by atoms with Crippen LogP contribution in [0.15, 0.2) is 36.4 Å². The van der Waals surface area contributed by atoms with Crippen molar-refractivity contribution in [3.63, 3.8) is 0 Å². The number of aryl methyl sites for hydroxylation is 1. The van der Waals surface area contributed by atoms with E-state index in [0.29, 0.717) is 22.7 Å². The number of rotatable bonds is 4. The highest BCUT2D eigenvalue weighted by Gasteiger charge is 2.13. The lowest BCUT2D eigenvalue weighted by Gasteiger charge is -2.05. The lowest BCUT2D eigenvalue weighted by atomic mass is 10.3.